The van der Waals surface area contributed by atoms with Gasteiger partial charge in [0.1, 0.15) is 0 Å². The van der Waals surface area contributed by atoms with Gasteiger partial charge in [-0.1, -0.05) is 67.3 Å². The first kappa shape index (κ1) is 12.4. The molecule has 14 heavy (non-hydrogen) atoms. The number of rotatable bonds is 2. The van der Waals surface area contributed by atoms with E-state index in [2.05, 4.69) is 13.2 Å². The zero-order chi connectivity index (χ0) is 10.8. The van der Waals surface area contributed by atoms with Gasteiger partial charge in [-0.2, -0.15) is 0 Å². The summed E-state index contributed by atoms with van der Waals surface area (Å²) in [5, 5.41) is 0. The van der Waals surface area contributed by atoms with Crippen molar-refractivity contribution in [1.82, 2.24) is 0 Å². The van der Waals surface area contributed by atoms with Crippen LogP contribution >= 0.6 is 0 Å². The van der Waals surface area contributed by atoms with E-state index < -0.39 is 0 Å². The first-order valence-electron chi connectivity index (χ1n) is 4.67. The van der Waals surface area contributed by atoms with Crippen LogP contribution in [0.3, 0.4) is 0 Å². The van der Waals surface area contributed by atoms with E-state index in [1.165, 1.54) is 11.1 Å². The summed E-state index contributed by atoms with van der Waals surface area (Å²) >= 11 is 0. The molecule has 1 aromatic rings. The van der Waals surface area contributed by atoms with Crippen LogP contribution in [0.25, 0.3) is 6.08 Å². The van der Waals surface area contributed by atoms with Crippen molar-refractivity contribution in [2.24, 2.45) is 0 Å². The van der Waals surface area contributed by atoms with E-state index in [0.717, 1.165) is 0 Å². The maximum atomic E-state index is 3.63. The van der Waals surface area contributed by atoms with Crippen LogP contribution in [0.2, 0.25) is 0 Å². The fourth-order valence-corrected chi connectivity index (χ4v) is 0.707. The Kier molecular flexibility index (Phi) is 7.16. The van der Waals surface area contributed by atoms with Gasteiger partial charge in [-0.15, -0.1) is 0 Å². The van der Waals surface area contributed by atoms with Crippen molar-refractivity contribution in [3.05, 3.63) is 66.8 Å². The molecule has 0 bridgehead atoms. The lowest BCUT2D eigenvalue weighted by Gasteiger charge is -1.85. The second-order valence-corrected chi connectivity index (χ2v) is 2.85. The number of benzene rings is 1. The van der Waals surface area contributed by atoms with Crippen LogP contribution in [0.1, 0.15) is 19.4 Å². The van der Waals surface area contributed by atoms with Crippen molar-refractivity contribution in [2.45, 2.75) is 13.8 Å². The minimum absolute atomic E-state index is 1.17. The van der Waals surface area contributed by atoms with Gasteiger partial charge in [0.15, 0.2) is 0 Å². The summed E-state index contributed by atoms with van der Waals surface area (Å²) in [5.41, 5.74) is 2.41. The lowest BCUT2D eigenvalue weighted by molar-refractivity contribution is 1.49. The quantitative estimate of drug-likeness (QED) is 0.598. The summed E-state index contributed by atoms with van der Waals surface area (Å²) in [5.74, 6) is 0. The van der Waals surface area contributed by atoms with Gasteiger partial charge in [0.2, 0.25) is 0 Å². The van der Waals surface area contributed by atoms with Crippen molar-refractivity contribution >= 4 is 6.08 Å². The lowest BCUT2D eigenvalue weighted by atomic mass is 10.2. The third-order valence-electron chi connectivity index (χ3n) is 1.81. The molecule has 0 saturated carbocycles. The largest absolute Gasteiger partial charge is 0.0988 e. The minimum atomic E-state index is 1.17. The second kappa shape index (κ2) is 8.06. The molecule has 0 saturated heterocycles. The van der Waals surface area contributed by atoms with Crippen LogP contribution in [0.15, 0.2) is 61.2 Å². The van der Waals surface area contributed by atoms with Crippen LogP contribution in [-0.4, -0.2) is 0 Å². The zero-order valence-electron chi connectivity index (χ0n) is 9.03. The van der Waals surface area contributed by atoms with E-state index >= 15 is 0 Å². The highest BCUT2D eigenvalue weighted by Gasteiger charge is 1.75. The summed E-state index contributed by atoms with van der Waals surface area (Å²) in [6, 6.07) is 10.0. The first-order chi connectivity index (χ1) is 6.74. The fraction of sp³-hybridized carbons (Fsp3) is 0.143. The van der Waals surface area contributed by atoms with Gasteiger partial charge in [0.05, 0.1) is 0 Å². The number of hydrogen-bond acceptors (Lipinski definition) is 0. The molecule has 0 aliphatic rings. The summed E-state index contributed by atoms with van der Waals surface area (Å²) in [6.07, 6.45) is 5.69. The second-order valence-electron chi connectivity index (χ2n) is 2.85. The third-order valence-corrected chi connectivity index (χ3v) is 1.81. The Morgan fingerprint density at radius 3 is 1.93 bits per heavy atom. The van der Waals surface area contributed by atoms with Gasteiger partial charge in [-0.3, -0.25) is 0 Å². The van der Waals surface area contributed by atoms with Gasteiger partial charge in [0, 0.05) is 0 Å². The summed E-state index contributed by atoms with van der Waals surface area (Å²) in [4.78, 5) is 0. The van der Waals surface area contributed by atoms with Gasteiger partial charge >= 0.3 is 0 Å². The Bertz CT molecular complexity index is 291. The Balaban J connectivity index is 0.000000255. The Morgan fingerprint density at radius 1 is 1.14 bits per heavy atom. The molecular formula is C14H18. The van der Waals surface area contributed by atoms with Gasteiger partial charge in [0.25, 0.3) is 0 Å². The van der Waals surface area contributed by atoms with Crippen LogP contribution < -0.4 is 0 Å². The van der Waals surface area contributed by atoms with Crippen LogP contribution in [-0.2, 0) is 0 Å². The molecule has 0 amide bonds. The minimum Gasteiger partial charge on any atom is -0.0988 e. The maximum absolute atomic E-state index is 3.63. The highest BCUT2D eigenvalue weighted by Crippen LogP contribution is 1.97. The summed E-state index contributed by atoms with van der Waals surface area (Å²) in [7, 11) is 0. The van der Waals surface area contributed by atoms with Gasteiger partial charge < -0.3 is 0 Å². The van der Waals surface area contributed by atoms with Crippen LogP contribution in [0.5, 0.6) is 0 Å². The zero-order valence-corrected chi connectivity index (χ0v) is 9.03. The molecule has 0 aromatic heterocycles. The molecule has 0 heterocycles. The molecule has 0 nitrogen and oxygen atoms in total. The Hall–Kier alpha value is -1.56. The van der Waals surface area contributed by atoms with Crippen molar-refractivity contribution in [2.75, 3.05) is 0 Å². The van der Waals surface area contributed by atoms with E-state index in [4.69, 9.17) is 0 Å². The van der Waals surface area contributed by atoms with E-state index in [1.807, 2.05) is 62.4 Å². The average molecular weight is 186 g/mol. The van der Waals surface area contributed by atoms with E-state index in [-0.39, 0.29) is 0 Å². The molecule has 0 unspecified atom stereocenters. The molecule has 0 atom stereocenters. The highest BCUT2D eigenvalue weighted by molar-refractivity contribution is 5.45. The fourth-order valence-electron chi connectivity index (χ4n) is 0.707. The smallest absolute Gasteiger partial charge is 0.0263 e. The molecule has 1 rings (SSSR count). The molecule has 74 valence electrons. The number of hydrogen-bond donors (Lipinski definition) is 0. The molecule has 0 N–H and O–H groups in total. The molecule has 0 fully saturated rings. The Morgan fingerprint density at radius 2 is 1.71 bits per heavy atom. The first-order valence-corrected chi connectivity index (χ1v) is 4.67. The van der Waals surface area contributed by atoms with E-state index in [0.29, 0.717) is 0 Å². The monoisotopic (exact) mass is 186 g/mol. The predicted octanol–water partition coefficient (Wildman–Crippen LogP) is 4.47. The molecule has 0 heteroatoms. The predicted molar refractivity (Wildman–Crippen MR) is 66.2 cm³/mol. The van der Waals surface area contributed by atoms with Crippen LogP contribution in [0.4, 0.5) is 0 Å². The van der Waals surface area contributed by atoms with Gasteiger partial charge in [-0.25, -0.2) is 0 Å². The molecular weight excluding hydrogens is 168 g/mol. The Labute approximate surface area is 87.3 Å². The van der Waals surface area contributed by atoms with Crippen molar-refractivity contribution in [3.8, 4) is 0 Å². The molecule has 0 spiro atoms. The molecule has 0 aliphatic carbocycles. The van der Waals surface area contributed by atoms with Crippen molar-refractivity contribution < 1.29 is 0 Å². The van der Waals surface area contributed by atoms with Crippen molar-refractivity contribution in [3.63, 3.8) is 0 Å². The lowest BCUT2D eigenvalue weighted by Crippen LogP contribution is -1.63. The van der Waals surface area contributed by atoms with Crippen LogP contribution in [0, 0.1) is 0 Å². The number of allylic oxidation sites excluding steroid dienone is 3. The van der Waals surface area contributed by atoms with E-state index in [1.54, 1.807) is 0 Å². The topological polar surface area (TPSA) is 0 Å². The van der Waals surface area contributed by atoms with Crippen molar-refractivity contribution in [1.29, 1.82) is 0 Å². The third kappa shape index (κ3) is 6.01. The summed E-state index contributed by atoms with van der Waals surface area (Å²) < 4.78 is 0. The normalized spacial score (nSPS) is 9.71. The molecule has 0 aliphatic heterocycles. The standard InChI is InChI=1S/C8H8.C6H10/c1-2-8-6-4-3-5-7-8;1-4-6(3)5-2/h2-7H,1H2;4-5H,1H2,2-3H3/b;6-5+. The van der Waals surface area contributed by atoms with Gasteiger partial charge in [-0.05, 0) is 19.4 Å². The maximum Gasteiger partial charge on any atom is -0.0263 e. The summed E-state index contributed by atoms with van der Waals surface area (Å²) in [6.45, 7) is 11.2. The molecule has 1 aromatic carbocycles. The average Bonchev–Trinajstić information content (AvgIpc) is 2.30. The SMILES string of the molecule is C=C/C(C)=C/C.C=Cc1ccccc1. The van der Waals surface area contributed by atoms with E-state index in [9.17, 15) is 0 Å². The highest BCUT2D eigenvalue weighted by atomic mass is 13.8. The molecule has 0 radical (unpaired) electrons.